The Kier molecular flexibility index (Phi) is 6.58. The molecule has 2 aromatic heterocycles. The lowest BCUT2D eigenvalue weighted by atomic mass is 10.1. The summed E-state index contributed by atoms with van der Waals surface area (Å²) >= 11 is 3.35. The Hall–Kier alpha value is -3.16. The van der Waals surface area contributed by atoms with E-state index >= 15 is 0 Å². The number of methoxy groups -OCH3 is 1. The third kappa shape index (κ3) is 5.00. The van der Waals surface area contributed by atoms with Gasteiger partial charge in [-0.05, 0) is 79.1 Å². The van der Waals surface area contributed by atoms with E-state index in [0.717, 1.165) is 44.1 Å². The smallest absolute Gasteiger partial charge is 0.248 e. The molecule has 1 amide bonds. The minimum atomic E-state index is -0.426. The number of hydrogen-bond donors (Lipinski definition) is 1. The van der Waals surface area contributed by atoms with Gasteiger partial charge in [-0.2, -0.15) is 0 Å². The summed E-state index contributed by atoms with van der Waals surface area (Å²) in [5, 5.41) is 0.773. The third-order valence-corrected chi connectivity index (χ3v) is 7.11. The van der Waals surface area contributed by atoms with Crippen LogP contribution in [0.3, 0.4) is 0 Å². The maximum atomic E-state index is 11.5. The summed E-state index contributed by atoms with van der Waals surface area (Å²) in [4.78, 5) is 22.9. The summed E-state index contributed by atoms with van der Waals surface area (Å²) < 4.78 is 5.29. The number of aromatic nitrogens is 2. The van der Waals surface area contributed by atoms with Crippen LogP contribution < -0.4 is 10.5 Å². The molecule has 0 aliphatic carbocycles. The molecule has 0 aliphatic heterocycles. The van der Waals surface area contributed by atoms with Crippen LogP contribution in [0.2, 0.25) is 0 Å². The van der Waals surface area contributed by atoms with Gasteiger partial charge in [0.2, 0.25) is 5.91 Å². The molecule has 0 radical (unpaired) electrons. The number of rotatable bonds is 7. The molecule has 7 heteroatoms. The molecule has 0 fully saturated rings. The van der Waals surface area contributed by atoms with Crippen molar-refractivity contribution in [3.63, 3.8) is 0 Å². The van der Waals surface area contributed by atoms with E-state index < -0.39 is 5.91 Å². The molecule has 0 saturated heterocycles. The molecule has 0 unspecified atom stereocenters. The SMILES string of the molecule is COc1ccc(-c2cc(CSc3nc(C)cc(C)n3)c(-c3ccc(C(N)=O)cc3)s2)cc1. The third-order valence-electron chi connectivity index (χ3n) is 4.93. The highest BCUT2D eigenvalue weighted by Gasteiger charge is 2.15. The van der Waals surface area contributed by atoms with Gasteiger partial charge in [0.05, 0.1) is 7.11 Å². The molecule has 0 aliphatic rings. The van der Waals surface area contributed by atoms with Gasteiger partial charge >= 0.3 is 0 Å². The fraction of sp³-hybridized carbons (Fsp3) is 0.160. The first-order valence-electron chi connectivity index (χ1n) is 10.1. The average molecular weight is 462 g/mol. The molecule has 0 saturated carbocycles. The Labute approximate surface area is 195 Å². The summed E-state index contributed by atoms with van der Waals surface area (Å²) in [6.07, 6.45) is 0. The fourth-order valence-electron chi connectivity index (χ4n) is 3.36. The van der Waals surface area contributed by atoms with Crippen LogP contribution in [0, 0.1) is 13.8 Å². The number of thiophene rings is 1. The lowest BCUT2D eigenvalue weighted by Crippen LogP contribution is -2.10. The van der Waals surface area contributed by atoms with Crippen LogP contribution >= 0.6 is 23.1 Å². The molecule has 2 N–H and O–H groups in total. The van der Waals surface area contributed by atoms with Crippen LogP contribution in [0.5, 0.6) is 5.75 Å². The minimum Gasteiger partial charge on any atom is -0.497 e. The van der Waals surface area contributed by atoms with Crippen LogP contribution in [-0.2, 0) is 5.75 Å². The molecule has 4 rings (SSSR count). The van der Waals surface area contributed by atoms with Crippen molar-refractivity contribution < 1.29 is 9.53 Å². The standard InChI is InChI=1S/C25H23N3O2S2/c1-15-12-16(2)28-25(27-15)31-14-20-13-22(17-8-10-21(30-3)11-9-17)32-23(20)18-4-6-19(7-5-18)24(26)29/h4-13H,14H2,1-3H3,(H2,26,29). The maximum absolute atomic E-state index is 11.5. The van der Waals surface area contributed by atoms with Crippen LogP contribution in [0.1, 0.15) is 27.3 Å². The second kappa shape index (κ2) is 9.54. The highest BCUT2D eigenvalue weighted by molar-refractivity contribution is 7.98. The normalized spacial score (nSPS) is 10.8. The molecule has 0 atom stereocenters. The van der Waals surface area contributed by atoms with Gasteiger partial charge in [-0.15, -0.1) is 11.3 Å². The Morgan fingerprint density at radius 1 is 0.969 bits per heavy atom. The number of thioether (sulfide) groups is 1. The van der Waals surface area contributed by atoms with Crippen molar-refractivity contribution in [1.29, 1.82) is 0 Å². The van der Waals surface area contributed by atoms with E-state index in [4.69, 9.17) is 10.5 Å². The number of hydrogen-bond acceptors (Lipinski definition) is 6. The van der Waals surface area contributed by atoms with Crippen molar-refractivity contribution in [1.82, 2.24) is 9.97 Å². The van der Waals surface area contributed by atoms with Crippen LogP contribution in [0.25, 0.3) is 20.9 Å². The van der Waals surface area contributed by atoms with E-state index in [1.54, 1.807) is 42.3 Å². The number of ether oxygens (including phenoxy) is 1. The zero-order valence-corrected chi connectivity index (χ0v) is 19.7. The van der Waals surface area contributed by atoms with Crippen LogP contribution in [0.15, 0.2) is 65.8 Å². The van der Waals surface area contributed by atoms with Gasteiger partial charge in [0.1, 0.15) is 5.75 Å². The highest BCUT2D eigenvalue weighted by atomic mass is 32.2. The largest absolute Gasteiger partial charge is 0.497 e. The lowest BCUT2D eigenvalue weighted by Gasteiger charge is -2.06. The van der Waals surface area contributed by atoms with Gasteiger partial charge in [-0.3, -0.25) is 4.79 Å². The van der Waals surface area contributed by atoms with Crippen molar-refractivity contribution in [3.05, 3.63) is 83.2 Å². The number of aryl methyl sites for hydroxylation is 2. The summed E-state index contributed by atoms with van der Waals surface area (Å²) in [5.74, 6) is 1.14. The van der Waals surface area contributed by atoms with Gasteiger partial charge in [0.25, 0.3) is 0 Å². The van der Waals surface area contributed by atoms with Crippen molar-refractivity contribution in [2.75, 3.05) is 7.11 Å². The zero-order valence-electron chi connectivity index (χ0n) is 18.1. The fourth-order valence-corrected chi connectivity index (χ4v) is 5.58. The van der Waals surface area contributed by atoms with Crippen molar-refractivity contribution in [2.24, 2.45) is 5.73 Å². The zero-order chi connectivity index (χ0) is 22.7. The number of amides is 1. The van der Waals surface area contributed by atoms with E-state index in [-0.39, 0.29) is 0 Å². The van der Waals surface area contributed by atoms with Crippen LogP contribution in [-0.4, -0.2) is 23.0 Å². The number of primary amides is 1. The van der Waals surface area contributed by atoms with Gasteiger partial charge in [0.15, 0.2) is 5.16 Å². The highest BCUT2D eigenvalue weighted by Crippen LogP contribution is 2.40. The first-order chi connectivity index (χ1) is 15.4. The van der Waals surface area contributed by atoms with E-state index in [0.29, 0.717) is 5.56 Å². The van der Waals surface area contributed by atoms with Crippen molar-refractivity contribution in [3.8, 4) is 26.6 Å². The minimum absolute atomic E-state index is 0.426. The molecular formula is C25H23N3O2S2. The molecule has 0 bridgehead atoms. The monoisotopic (exact) mass is 461 g/mol. The first-order valence-corrected chi connectivity index (χ1v) is 11.9. The van der Waals surface area contributed by atoms with Crippen molar-refractivity contribution in [2.45, 2.75) is 24.8 Å². The number of benzene rings is 2. The Bertz CT molecular complexity index is 1230. The Morgan fingerprint density at radius 2 is 1.59 bits per heavy atom. The molecular weight excluding hydrogens is 438 g/mol. The van der Waals surface area contributed by atoms with Crippen LogP contribution in [0.4, 0.5) is 0 Å². The Balaban J connectivity index is 1.70. The van der Waals surface area contributed by atoms with E-state index in [1.165, 1.54) is 10.4 Å². The van der Waals surface area contributed by atoms with Gasteiger partial charge in [0, 0.05) is 32.5 Å². The van der Waals surface area contributed by atoms with E-state index in [9.17, 15) is 4.79 Å². The van der Waals surface area contributed by atoms with Gasteiger partial charge in [-0.25, -0.2) is 9.97 Å². The molecule has 2 heterocycles. The molecule has 0 spiro atoms. The number of carbonyl (C=O) groups is 1. The second-order valence-electron chi connectivity index (χ2n) is 7.36. The molecule has 5 nitrogen and oxygen atoms in total. The van der Waals surface area contributed by atoms with E-state index in [1.807, 2.05) is 44.2 Å². The number of nitrogens with two attached hydrogens (primary N) is 1. The summed E-state index contributed by atoms with van der Waals surface area (Å²) in [5.41, 5.74) is 11.2. The average Bonchev–Trinajstić information content (AvgIpc) is 3.21. The Morgan fingerprint density at radius 3 is 2.19 bits per heavy atom. The number of nitrogens with zero attached hydrogens (tertiary/aromatic N) is 2. The van der Waals surface area contributed by atoms with Gasteiger partial charge in [-0.1, -0.05) is 23.9 Å². The summed E-state index contributed by atoms with van der Waals surface area (Å²) in [6.45, 7) is 3.97. The maximum Gasteiger partial charge on any atom is 0.248 e. The topological polar surface area (TPSA) is 78.1 Å². The van der Waals surface area contributed by atoms with Crippen molar-refractivity contribution >= 4 is 29.0 Å². The summed E-state index contributed by atoms with van der Waals surface area (Å²) in [6, 6.07) is 19.7. The quantitative estimate of drug-likeness (QED) is 0.274. The molecule has 2 aromatic carbocycles. The lowest BCUT2D eigenvalue weighted by molar-refractivity contribution is 0.100. The predicted octanol–water partition coefficient (Wildman–Crippen LogP) is 5.89. The molecule has 32 heavy (non-hydrogen) atoms. The second-order valence-corrected chi connectivity index (χ2v) is 9.35. The summed E-state index contributed by atoms with van der Waals surface area (Å²) in [7, 11) is 1.67. The molecule has 4 aromatic rings. The first kappa shape index (κ1) is 22.0. The predicted molar refractivity (Wildman–Crippen MR) is 131 cm³/mol. The molecule has 162 valence electrons. The number of carbonyl (C=O) groups excluding carboxylic acids is 1. The van der Waals surface area contributed by atoms with E-state index in [2.05, 4.69) is 28.2 Å². The van der Waals surface area contributed by atoms with Gasteiger partial charge < -0.3 is 10.5 Å².